The molecule has 4 N–H and O–H groups in total. The summed E-state index contributed by atoms with van der Waals surface area (Å²) in [4.78, 5) is 0. The molecule has 2 atom stereocenters. The molecule has 2 unspecified atom stereocenters. The maximum atomic E-state index is 7.16. The molecular weight excluding hydrogens is 520 g/mol. The highest BCUT2D eigenvalue weighted by atomic mass is 14.8. The second-order valence-electron chi connectivity index (χ2n) is 18.4. The lowest BCUT2D eigenvalue weighted by Crippen LogP contribution is -2.51. The largest absolute Gasteiger partial charge is 0.325 e. The molecule has 0 aromatic rings. The van der Waals surface area contributed by atoms with Crippen molar-refractivity contribution in [3.8, 4) is 0 Å². The van der Waals surface area contributed by atoms with E-state index in [-0.39, 0.29) is 21.9 Å². The molecule has 0 saturated heterocycles. The molecule has 0 aliphatic heterocycles. The fourth-order valence-electron chi connectivity index (χ4n) is 9.10. The van der Waals surface area contributed by atoms with Crippen LogP contribution in [0.5, 0.6) is 0 Å². The predicted octanol–water partition coefficient (Wildman–Crippen LogP) is 12.8. The predicted molar refractivity (Wildman–Crippen MR) is 193 cm³/mol. The van der Waals surface area contributed by atoms with Gasteiger partial charge in [0, 0.05) is 11.1 Å². The van der Waals surface area contributed by atoms with Gasteiger partial charge in [0.1, 0.15) is 0 Å². The van der Waals surface area contributed by atoms with Crippen LogP contribution in [-0.2, 0) is 0 Å². The van der Waals surface area contributed by atoms with Crippen LogP contribution in [0.25, 0.3) is 0 Å². The van der Waals surface area contributed by atoms with Gasteiger partial charge in [-0.25, -0.2) is 0 Å². The number of nitrogens with two attached hydrogens (primary N) is 2. The zero-order valence-electron chi connectivity index (χ0n) is 31.1. The van der Waals surface area contributed by atoms with Gasteiger partial charge in [-0.05, 0) is 75.0 Å². The van der Waals surface area contributed by atoms with Crippen LogP contribution in [0.1, 0.15) is 216 Å². The van der Waals surface area contributed by atoms with Gasteiger partial charge in [0.25, 0.3) is 0 Å². The number of rotatable bonds is 9. The van der Waals surface area contributed by atoms with Gasteiger partial charge in [0.05, 0.1) is 0 Å². The number of hydrogen-bond acceptors (Lipinski definition) is 2. The SMILES string of the molecule is CC(C)(N)C(CC(C)(C)C(C)(C)CC(C1CCCCCCCCCC1)C(C)(C)N)C1CCCCCCCCCCCCC1. The summed E-state index contributed by atoms with van der Waals surface area (Å²) in [5, 5.41) is 0. The summed E-state index contributed by atoms with van der Waals surface area (Å²) in [6.45, 7) is 19.7. The Morgan fingerprint density at radius 3 is 0.744 bits per heavy atom. The summed E-state index contributed by atoms with van der Waals surface area (Å²) in [5.41, 5.74) is 14.4. The lowest BCUT2D eigenvalue weighted by Gasteiger charge is -2.51. The molecule has 2 aliphatic carbocycles. The van der Waals surface area contributed by atoms with Crippen LogP contribution in [0, 0.1) is 34.5 Å². The van der Waals surface area contributed by atoms with Crippen molar-refractivity contribution in [3.63, 3.8) is 0 Å². The van der Waals surface area contributed by atoms with E-state index in [0.29, 0.717) is 11.8 Å². The third-order valence-corrected chi connectivity index (χ3v) is 12.9. The minimum atomic E-state index is -0.148. The van der Waals surface area contributed by atoms with E-state index in [1.54, 1.807) is 0 Å². The number of hydrogen-bond donors (Lipinski definition) is 2. The van der Waals surface area contributed by atoms with Gasteiger partial charge in [-0.1, -0.05) is 175 Å². The second kappa shape index (κ2) is 18.9. The van der Waals surface area contributed by atoms with Crippen molar-refractivity contribution < 1.29 is 0 Å². The molecule has 0 aromatic heterocycles. The van der Waals surface area contributed by atoms with Crippen LogP contribution in [-0.4, -0.2) is 11.1 Å². The molecule has 2 fully saturated rings. The van der Waals surface area contributed by atoms with E-state index in [0.717, 1.165) is 11.8 Å². The van der Waals surface area contributed by atoms with E-state index >= 15 is 0 Å². The van der Waals surface area contributed by atoms with E-state index in [4.69, 9.17) is 11.5 Å². The molecule has 0 radical (unpaired) electrons. The van der Waals surface area contributed by atoms with Crippen LogP contribution in [0.15, 0.2) is 0 Å². The molecule has 2 nitrogen and oxygen atoms in total. The highest BCUT2D eigenvalue weighted by molar-refractivity contribution is 4.99. The van der Waals surface area contributed by atoms with Crippen molar-refractivity contribution in [3.05, 3.63) is 0 Å². The lowest BCUT2D eigenvalue weighted by atomic mass is 9.55. The van der Waals surface area contributed by atoms with Crippen LogP contribution < -0.4 is 11.5 Å². The van der Waals surface area contributed by atoms with E-state index < -0.39 is 0 Å². The van der Waals surface area contributed by atoms with Gasteiger partial charge in [-0.15, -0.1) is 0 Å². The lowest BCUT2D eigenvalue weighted by molar-refractivity contribution is -0.000564. The third kappa shape index (κ3) is 14.5. The van der Waals surface area contributed by atoms with E-state index in [1.807, 2.05) is 0 Å². The molecule has 2 saturated carbocycles. The first-order valence-electron chi connectivity index (χ1n) is 19.7. The smallest absolute Gasteiger partial charge is 0.0128 e. The Kier molecular flexibility index (Phi) is 17.2. The molecule has 2 heteroatoms. The Balaban J connectivity index is 2.24. The van der Waals surface area contributed by atoms with Crippen LogP contribution in [0.3, 0.4) is 0 Å². The summed E-state index contributed by atoms with van der Waals surface area (Å²) < 4.78 is 0. The standard InChI is InChI=1S/C41H82N2/c1-38(2,32-36(40(5,6)42)34-28-24-20-16-12-10-9-11-13-17-21-25-29-34)39(3,4)33-37(41(7,8)43)35-30-26-22-18-14-15-19-23-27-31-35/h34-37H,9-33,42-43H2,1-8H3. The topological polar surface area (TPSA) is 52.0 Å². The zero-order chi connectivity index (χ0) is 32.0. The van der Waals surface area contributed by atoms with Crippen molar-refractivity contribution in [1.82, 2.24) is 0 Å². The summed E-state index contributed by atoms with van der Waals surface area (Å²) in [6.07, 6.45) is 35.1. The fraction of sp³-hybridized carbons (Fsp3) is 1.00. The van der Waals surface area contributed by atoms with Crippen molar-refractivity contribution in [2.75, 3.05) is 0 Å². The quantitative estimate of drug-likeness (QED) is 0.276. The highest BCUT2D eigenvalue weighted by Gasteiger charge is 2.46. The summed E-state index contributed by atoms with van der Waals surface area (Å²) in [7, 11) is 0. The molecular formula is C41H82N2. The second-order valence-corrected chi connectivity index (χ2v) is 18.4. The minimum absolute atomic E-state index is 0.143. The van der Waals surface area contributed by atoms with Gasteiger partial charge in [-0.3, -0.25) is 0 Å². The Morgan fingerprint density at radius 1 is 0.372 bits per heavy atom. The van der Waals surface area contributed by atoms with Gasteiger partial charge < -0.3 is 11.5 Å². The summed E-state index contributed by atoms with van der Waals surface area (Å²) in [5.74, 6) is 2.65. The van der Waals surface area contributed by atoms with Crippen LogP contribution in [0.2, 0.25) is 0 Å². The van der Waals surface area contributed by atoms with Gasteiger partial charge in [0.2, 0.25) is 0 Å². The third-order valence-electron chi connectivity index (χ3n) is 12.9. The molecule has 43 heavy (non-hydrogen) atoms. The monoisotopic (exact) mass is 603 g/mol. The first-order valence-corrected chi connectivity index (χ1v) is 19.7. The first-order chi connectivity index (χ1) is 20.2. The average Bonchev–Trinajstić information content (AvgIpc) is 2.96. The fourth-order valence-corrected chi connectivity index (χ4v) is 9.10. The molecule has 0 amide bonds. The Morgan fingerprint density at radius 2 is 0.558 bits per heavy atom. The maximum Gasteiger partial charge on any atom is 0.0128 e. The Hall–Kier alpha value is -0.0800. The van der Waals surface area contributed by atoms with E-state index in [9.17, 15) is 0 Å². The van der Waals surface area contributed by atoms with Crippen LogP contribution >= 0.6 is 0 Å². The van der Waals surface area contributed by atoms with Crippen molar-refractivity contribution in [1.29, 1.82) is 0 Å². The van der Waals surface area contributed by atoms with E-state index in [2.05, 4.69) is 55.4 Å². The normalized spacial score (nSPS) is 23.6. The minimum Gasteiger partial charge on any atom is -0.325 e. The molecule has 2 aliphatic rings. The average molecular weight is 603 g/mol. The van der Waals surface area contributed by atoms with E-state index in [1.165, 1.54) is 161 Å². The van der Waals surface area contributed by atoms with Gasteiger partial charge in [0.15, 0.2) is 0 Å². The Labute approximate surface area is 272 Å². The van der Waals surface area contributed by atoms with Crippen molar-refractivity contribution >= 4 is 0 Å². The van der Waals surface area contributed by atoms with Crippen molar-refractivity contribution in [2.24, 2.45) is 46.0 Å². The van der Waals surface area contributed by atoms with Gasteiger partial charge >= 0.3 is 0 Å². The Bertz CT molecular complexity index is 682. The molecule has 2 rings (SSSR count). The highest BCUT2D eigenvalue weighted by Crippen LogP contribution is 2.53. The summed E-state index contributed by atoms with van der Waals surface area (Å²) >= 11 is 0. The molecule has 0 heterocycles. The van der Waals surface area contributed by atoms with Crippen molar-refractivity contribution in [2.45, 2.75) is 227 Å². The molecule has 0 aromatic carbocycles. The summed E-state index contributed by atoms with van der Waals surface area (Å²) in [6, 6.07) is 0. The zero-order valence-corrected chi connectivity index (χ0v) is 31.1. The maximum absolute atomic E-state index is 7.16. The van der Waals surface area contributed by atoms with Crippen LogP contribution in [0.4, 0.5) is 0 Å². The molecule has 0 bridgehead atoms. The molecule has 256 valence electrons. The van der Waals surface area contributed by atoms with Gasteiger partial charge in [-0.2, -0.15) is 0 Å². The molecule has 0 spiro atoms. The first kappa shape index (κ1) is 39.1.